The average Bonchev–Trinajstić information content (AvgIpc) is 2.89. The van der Waals surface area contributed by atoms with E-state index in [2.05, 4.69) is 21.3 Å². The standard InChI is InChI=1S/C11H10N4OS/c1-16-10-4-8(2-3-9(10)5-12)6-17-11-13-7-14-15-11/h2-4,7H,6H2,1H3,(H,13,14,15). The minimum Gasteiger partial charge on any atom is -0.495 e. The predicted octanol–water partition coefficient (Wildman–Crippen LogP) is 1.98. The van der Waals surface area contributed by atoms with Crippen LogP contribution in [0.5, 0.6) is 5.75 Å². The second kappa shape index (κ2) is 5.37. The van der Waals surface area contributed by atoms with E-state index in [1.54, 1.807) is 24.9 Å². The summed E-state index contributed by atoms with van der Waals surface area (Å²) in [5, 5.41) is 16.2. The second-order valence-corrected chi connectivity index (χ2v) is 4.19. The third-order valence-corrected chi connectivity index (χ3v) is 3.10. The summed E-state index contributed by atoms with van der Waals surface area (Å²) in [5.74, 6) is 1.35. The zero-order valence-electron chi connectivity index (χ0n) is 9.17. The Bertz CT molecular complexity index is 533. The molecule has 0 aliphatic heterocycles. The molecule has 86 valence electrons. The first kappa shape index (κ1) is 11.5. The summed E-state index contributed by atoms with van der Waals surface area (Å²) in [6.45, 7) is 0. The molecule has 1 N–H and O–H groups in total. The molecular weight excluding hydrogens is 236 g/mol. The number of nitrogens with one attached hydrogen (secondary N) is 1. The minimum absolute atomic E-state index is 0.543. The molecule has 0 aliphatic rings. The van der Waals surface area contributed by atoms with E-state index >= 15 is 0 Å². The van der Waals surface area contributed by atoms with E-state index in [1.807, 2.05) is 12.1 Å². The number of nitriles is 1. The molecule has 5 nitrogen and oxygen atoms in total. The van der Waals surface area contributed by atoms with Gasteiger partial charge in [-0.3, -0.25) is 5.10 Å². The molecule has 2 aromatic rings. The minimum atomic E-state index is 0.543. The van der Waals surface area contributed by atoms with E-state index in [4.69, 9.17) is 10.00 Å². The van der Waals surface area contributed by atoms with Gasteiger partial charge in [0.05, 0.1) is 12.7 Å². The largest absolute Gasteiger partial charge is 0.495 e. The monoisotopic (exact) mass is 246 g/mol. The normalized spacial score (nSPS) is 9.88. The van der Waals surface area contributed by atoms with Gasteiger partial charge in [-0.05, 0) is 17.7 Å². The summed E-state index contributed by atoms with van der Waals surface area (Å²) in [6, 6.07) is 7.61. The van der Waals surface area contributed by atoms with Crippen LogP contribution >= 0.6 is 11.8 Å². The summed E-state index contributed by atoms with van der Waals surface area (Å²) < 4.78 is 5.15. The predicted molar refractivity (Wildman–Crippen MR) is 63.7 cm³/mol. The molecule has 0 atom stereocenters. The van der Waals surface area contributed by atoms with Gasteiger partial charge in [0, 0.05) is 5.75 Å². The Balaban J connectivity index is 2.09. The van der Waals surface area contributed by atoms with Gasteiger partial charge in [0.15, 0.2) is 5.16 Å². The number of H-pyrrole nitrogens is 1. The van der Waals surface area contributed by atoms with Crippen molar-refractivity contribution < 1.29 is 4.74 Å². The van der Waals surface area contributed by atoms with Crippen molar-refractivity contribution in [1.82, 2.24) is 15.2 Å². The molecule has 0 bridgehead atoms. The van der Waals surface area contributed by atoms with Gasteiger partial charge in [-0.15, -0.1) is 0 Å². The molecule has 0 saturated carbocycles. The summed E-state index contributed by atoms with van der Waals surface area (Å²) in [7, 11) is 1.56. The fraction of sp³-hybridized carbons (Fsp3) is 0.182. The summed E-state index contributed by atoms with van der Waals surface area (Å²) >= 11 is 1.55. The lowest BCUT2D eigenvalue weighted by atomic mass is 10.1. The lowest BCUT2D eigenvalue weighted by molar-refractivity contribution is 0.413. The van der Waals surface area contributed by atoms with Crippen LogP contribution in [0.2, 0.25) is 0 Å². The molecule has 0 fully saturated rings. The summed E-state index contributed by atoms with van der Waals surface area (Å²) in [5.41, 5.74) is 1.61. The quantitative estimate of drug-likeness (QED) is 0.835. The Morgan fingerprint density at radius 1 is 1.53 bits per heavy atom. The number of ether oxygens (including phenoxy) is 1. The fourth-order valence-corrected chi connectivity index (χ4v) is 2.06. The van der Waals surface area contributed by atoms with Crippen molar-refractivity contribution in [2.24, 2.45) is 0 Å². The Morgan fingerprint density at radius 2 is 2.41 bits per heavy atom. The molecule has 0 saturated heterocycles. The topological polar surface area (TPSA) is 74.6 Å². The van der Waals surface area contributed by atoms with E-state index in [-0.39, 0.29) is 0 Å². The third kappa shape index (κ3) is 2.77. The molecule has 0 radical (unpaired) electrons. The van der Waals surface area contributed by atoms with Crippen molar-refractivity contribution >= 4 is 11.8 Å². The Kier molecular flexibility index (Phi) is 3.62. The molecule has 0 spiro atoms. The molecule has 17 heavy (non-hydrogen) atoms. The van der Waals surface area contributed by atoms with Gasteiger partial charge in [-0.25, -0.2) is 4.98 Å². The number of methoxy groups -OCH3 is 1. The van der Waals surface area contributed by atoms with Gasteiger partial charge >= 0.3 is 0 Å². The number of aromatic nitrogens is 3. The highest BCUT2D eigenvalue weighted by molar-refractivity contribution is 7.98. The zero-order valence-corrected chi connectivity index (χ0v) is 9.99. The van der Waals surface area contributed by atoms with Crippen LogP contribution < -0.4 is 4.74 Å². The van der Waals surface area contributed by atoms with Crippen LogP contribution in [0, 0.1) is 11.3 Å². The van der Waals surface area contributed by atoms with Crippen LogP contribution in [-0.2, 0) is 5.75 Å². The zero-order chi connectivity index (χ0) is 12.1. The summed E-state index contributed by atoms with van der Waals surface area (Å²) in [6.07, 6.45) is 1.47. The van der Waals surface area contributed by atoms with Crippen LogP contribution in [0.4, 0.5) is 0 Å². The van der Waals surface area contributed by atoms with E-state index in [0.717, 1.165) is 16.5 Å². The molecule has 1 aromatic carbocycles. The van der Waals surface area contributed by atoms with Gasteiger partial charge < -0.3 is 4.74 Å². The Labute approximate surface area is 103 Å². The molecule has 1 aromatic heterocycles. The lowest BCUT2D eigenvalue weighted by Gasteiger charge is -2.05. The van der Waals surface area contributed by atoms with Gasteiger partial charge in [0.1, 0.15) is 18.1 Å². The second-order valence-electron chi connectivity index (χ2n) is 3.23. The molecular formula is C11H10N4OS. The maximum atomic E-state index is 8.86. The molecule has 0 aliphatic carbocycles. The van der Waals surface area contributed by atoms with E-state index in [9.17, 15) is 0 Å². The number of thioether (sulfide) groups is 1. The number of benzene rings is 1. The third-order valence-electron chi connectivity index (χ3n) is 2.15. The first-order valence-electron chi connectivity index (χ1n) is 4.88. The molecule has 2 rings (SSSR count). The van der Waals surface area contributed by atoms with E-state index in [1.165, 1.54) is 6.33 Å². The van der Waals surface area contributed by atoms with Crippen LogP contribution in [0.1, 0.15) is 11.1 Å². The molecule has 0 amide bonds. The van der Waals surface area contributed by atoms with Gasteiger partial charge in [0.25, 0.3) is 0 Å². The number of rotatable bonds is 4. The lowest BCUT2D eigenvalue weighted by Crippen LogP contribution is -1.90. The van der Waals surface area contributed by atoms with Crippen LogP contribution in [0.3, 0.4) is 0 Å². The first-order chi connectivity index (χ1) is 8.33. The van der Waals surface area contributed by atoms with Crippen LogP contribution in [0.15, 0.2) is 29.7 Å². The van der Waals surface area contributed by atoms with Gasteiger partial charge in [-0.2, -0.15) is 10.4 Å². The highest BCUT2D eigenvalue weighted by Gasteiger charge is 2.04. The van der Waals surface area contributed by atoms with E-state index in [0.29, 0.717) is 11.3 Å². The number of nitrogens with zero attached hydrogens (tertiary/aromatic N) is 3. The molecule has 0 unspecified atom stereocenters. The fourth-order valence-electron chi connectivity index (χ4n) is 1.33. The van der Waals surface area contributed by atoms with Crippen molar-refractivity contribution in [3.63, 3.8) is 0 Å². The SMILES string of the molecule is COc1cc(CSc2ncn[nH]2)ccc1C#N. The smallest absolute Gasteiger partial charge is 0.183 e. The highest BCUT2D eigenvalue weighted by atomic mass is 32.2. The van der Waals surface area contributed by atoms with Crippen LogP contribution in [-0.4, -0.2) is 22.3 Å². The Hall–Kier alpha value is -2.00. The van der Waals surface area contributed by atoms with E-state index < -0.39 is 0 Å². The number of hydrogen-bond acceptors (Lipinski definition) is 5. The van der Waals surface area contributed by atoms with Crippen molar-refractivity contribution in [3.05, 3.63) is 35.7 Å². The molecule has 1 heterocycles. The molecule has 6 heteroatoms. The maximum Gasteiger partial charge on any atom is 0.183 e. The Morgan fingerprint density at radius 3 is 3.06 bits per heavy atom. The van der Waals surface area contributed by atoms with Gasteiger partial charge in [0.2, 0.25) is 0 Å². The van der Waals surface area contributed by atoms with Crippen molar-refractivity contribution in [3.8, 4) is 11.8 Å². The number of aromatic amines is 1. The number of hydrogen-bond donors (Lipinski definition) is 1. The van der Waals surface area contributed by atoms with Crippen molar-refractivity contribution in [2.75, 3.05) is 7.11 Å². The maximum absolute atomic E-state index is 8.86. The van der Waals surface area contributed by atoms with Crippen LogP contribution in [0.25, 0.3) is 0 Å². The van der Waals surface area contributed by atoms with Crippen molar-refractivity contribution in [1.29, 1.82) is 5.26 Å². The van der Waals surface area contributed by atoms with Gasteiger partial charge in [-0.1, -0.05) is 17.8 Å². The first-order valence-corrected chi connectivity index (χ1v) is 5.87. The summed E-state index contributed by atoms with van der Waals surface area (Å²) in [4.78, 5) is 4.02. The highest BCUT2D eigenvalue weighted by Crippen LogP contribution is 2.24. The van der Waals surface area contributed by atoms with Crippen molar-refractivity contribution in [2.45, 2.75) is 10.9 Å². The average molecular weight is 246 g/mol.